The number of nitrogens with one attached hydrogen (secondary N) is 1. The second-order valence-electron chi connectivity index (χ2n) is 9.90. The van der Waals surface area contributed by atoms with Crippen LogP contribution in [0.4, 0.5) is 14.6 Å². The van der Waals surface area contributed by atoms with Crippen LogP contribution >= 0.6 is 0 Å². The first-order valence-corrected chi connectivity index (χ1v) is 12.1. The summed E-state index contributed by atoms with van der Waals surface area (Å²) in [4.78, 5) is 6.95. The lowest BCUT2D eigenvalue weighted by Gasteiger charge is -2.36. The lowest BCUT2D eigenvalue weighted by atomic mass is 9.89. The summed E-state index contributed by atoms with van der Waals surface area (Å²) in [6, 6.07) is 1.94. The third-order valence-corrected chi connectivity index (χ3v) is 6.85. The smallest absolute Gasteiger partial charge is 0.284 e. The zero-order chi connectivity index (χ0) is 24.9. The van der Waals surface area contributed by atoms with Crippen LogP contribution in [0.1, 0.15) is 44.9 Å². The van der Waals surface area contributed by atoms with Crippen molar-refractivity contribution in [2.24, 2.45) is 0 Å². The van der Waals surface area contributed by atoms with Crippen LogP contribution in [0.5, 0.6) is 0 Å². The van der Waals surface area contributed by atoms with Crippen molar-refractivity contribution >= 4 is 11.5 Å². The normalized spacial score (nSPS) is 20.5. The number of hydrogen-bond donors (Lipinski definition) is 1. The Bertz CT molecular complexity index is 1370. The predicted molar refractivity (Wildman–Crippen MR) is 127 cm³/mol. The van der Waals surface area contributed by atoms with E-state index >= 15 is 0 Å². The van der Waals surface area contributed by atoms with Crippen molar-refractivity contribution in [3.8, 4) is 16.9 Å². The Balaban J connectivity index is 1.33. The lowest BCUT2D eigenvalue weighted by Crippen LogP contribution is -2.46. The van der Waals surface area contributed by atoms with E-state index in [2.05, 4.69) is 44.6 Å². The number of halogens is 2. The Morgan fingerprint density at radius 1 is 1.19 bits per heavy atom. The summed E-state index contributed by atoms with van der Waals surface area (Å²) in [7, 11) is 0. The predicted octanol–water partition coefficient (Wildman–Crippen LogP) is 2.65. The number of fused-ring (bicyclic) bond motifs is 1. The fraction of sp³-hybridized carbons (Fsp3) is 0.522. The first-order valence-electron chi connectivity index (χ1n) is 12.1. The van der Waals surface area contributed by atoms with Crippen LogP contribution in [0, 0.1) is 0 Å². The lowest BCUT2D eigenvalue weighted by molar-refractivity contribution is 0.122. The number of hydrogen-bond acceptors (Lipinski definition) is 8. The van der Waals surface area contributed by atoms with Gasteiger partial charge in [-0.15, -0.1) is 5.10 Å². The molecule has 0 amide bonds. The van der Waals surface area contributed by atoms with Crippen LogP contribution in [-0.2, 0) is 4.74 Å². The molecule has 2 aliphatic rings. The molecule has 6 rings (SSSR count). The van der Waals surface area contributed by atoms with Gasteiger partial charge in [0.25, 0.3) is 6.43 Å². The van der Waals surface area contributed by atoms with E-state index in [1.54, 1.807) is 27.8 Å². The molecule has 11 nitrogen and oxygen atoms in total. The largest absolute Gasteiger partial charge is 0.378 e. The summed E-state index contributed by atoms with van der Waals surface area (Å²) in [5.41, 5.74) is 1.61. The van der Waals surface area contributed by atoms with Gasteiger partial charge >= 0.3 is 0 Å². The number of aromatic nitrogens is 8. The molecule has 1 unspecified atom stereocenters. The second-order valence-corrected chi connectivity index (χ2v) is 9.90. The molecule has 2 aliphatic heterocycles. The molecule has 0 aromatic carbocycles. The highest BCUT2D eigenvalue weighted by Gasteiger charge is 2.31. The van der Waals surface area contributed by atoms with E-state index in [4.69, 9.17) is 9.72 Å². The average molecular weight is 499 g/mol. The molecule has 0 radical (unpaired) electrons. The van der Waals surface area contributed by atoms with Crippen LogP contribution < -0.4 is 10.2 Å². The average Bonchev–Trinajstić information content (AvgIpc) is 3.61. The van der Waals surface area contributed by atoms with Gasteiger partial charge in [0.05, 0.1) is 43.4 Å². The first kappa shape index (κ1) is 23.0. The number of alkyl halides is 2. The Morgan fingerprint density at radius 2 is 2.03 bits per heavy atom. The molecular formula is C23H28F2N10O. The molecule has 2 saturated heterocycles. The van der Waals surface area contributed by atoms with Crippen molar-refractivity contribution in [3.05, 3.63) is 36.5 Å². The fourth-order valence-corrected chi connectivity index (χ4v) is 4.99. The van der Waals surface area contributed by atoms with E-state index in [0.29, 0.717) is 30.1 Å². The highest BCUT2D eigenvalue weighted by atomic mass is 19.3. The zero-order valence-corrected chi connectivity index (χ0v) is 20.2. The molecule has 0 saturated carbocycles. The molecule has 13 heteroatoms. The maximum atomic E-state index is 14.0. The Morgan fingerprint density at radius 3 is 2.81 bits per heavy atom. The molecule has 6 heterocycles. The van der Waals surface area contributed by atoms with Gasteiger partial charge in [0.1, 0.15) is 17.2 Å². The summed E-state index contributed by atoms with van der Waals surface area (Å²) in [5, 5.41) is 20.5. The van der Waals surface area contributed by atoms with Gasteiger partial charge < -0.3 is 15.0 Å². The van der Waals surface area contributed by atoms with Crippen molar-refractivity contribution < 1.29 is 13.5 Å². The topological polar surface area (TPSA) is 103 Å². The summed E-state index contributed by atoms with van der Waals surface area (Å²) in [6.07, 6.45) is 5.65. The SMILES string of the molecule is CC1(C)CC(n2cc(-n3cc(-c4cnn5ccc(N6CCOCC6)nc45)nn3)c(C(F)F)n2)CCN1. The standard InChI is InChI=1S/C23H28F2N10O/c1-23(2)11-15(3-5-26-23)34-14-18(20(30-34)21(24)25)35-13-17(29-31-35)16-12-27-33-6-4-19(28-22(16)33)32-7-9-36-10-8-32/h4,6,12-15,21,26H,3,5,7-11H2,1-2H3. The zero-order valence-electron chi connectivity index (χ0n) is 20.2. The van der Waals surface area contributed by atoms with E-state index in [1.807, 2.05) is 12.3 Å². The van der Waals surface area contributed by atoms with E-state index in [9.17, 15) is 8.78 Å². The molecule has 2 fully saturated rings. The molecule has 1 N–H and O–H groups in total. The number of anilines is 1. The molecule has 1 atom stereocenters. The molecule has 4 aromatic rings. The molecule has 36 heavy (non-hydrogen) atoms. The number of rotatable bonds is 5. The highest BCUT2D eigenvalue weighted by Crippen LogP contribution is 2.32. The first-order chi connectivity index (χ1) is 17.4. The van der Waals surface area contributed by atoms with Gasteiger partial charge in [-0.25, -0.2) is 23.0 Å². The molecule has 0 aliphatic carbocycles. The summed E-state index contributed by atoms with van der Waals surface area (Å²) >= 11 is 0. The fourth-order valence-electron chi connectivity index (χ4n) is 4.99. The summed E-state index contributed by atoms with van der Waals surface area (Å²) < 4.78 is 38.1. The second kappa shape index (κ2) is 8.89. The number of nitrogens with zero attached hydrogens (tertiary/aromatic N) is 9. The minimum absolute atomic E-state index is 0.0258. The number of piperidine rings is 1. The molecule has 0 spiro atoms. The molecular weight excluding hydrogens is 470 g/mol. The van der Waals surface area contributed by atoms with Gasteiger partial charge in [-0.05, 0) is 39.3 Å². The van der Waals surface area contributed by atoms with Crippen LogP contribution in [0.25, 0.3) is 22.6 Å². The highest BCUT2D eigenvalue weighted by molar-refractivity contribution is 5.75. The van der Waals surface area contributed by atoms with Gasteiger partial charge in [-0.3, -0.25) is 4.68 Å². The van der Waals surface area contributed by atoms with E-state index in [1.165, 1.54) is 4.68 Å². The minimum atomic E-state index is -2.74. The number of ether oxygens (including phenoxy) is 1. The van der Waals surface area contributed by atoms with Crippen molar-refractivity contribution in [3.63, 3.8) is 0 Å². The van der Waals surface area contributed by atoms with Crippen molar-refractivity contribution in [2.75, 3.05) is 37.7 Å². The molecule has 190 valence electrons. The van der Waals surface area contributed by atoms with Gasteiger partial charge in [-0.1, -0.05) is 5.21 Å². The van der Waals surface area contributed by atoms with Crippen molar-refractivity contribution in [2.45, 2.75) is 44.7 Å². The third kappa shape index (κ3) is 4.22. The third-order valence-electron chi connectivity index (χ3n) is 6.85. The Labute approximate surface area is 206 Å². The van der Waals surface area contributed by atoms with E-state index in [-0.39, 0.29) is 23.0 Å². The summed E-state index contributed by atoms with van der Waals surface area (Å²) in [6.45, 7) is 7.85. The quantitative estimate of drug-likeness (QED) is 0.448. The van der Waals surface area contributed by atoms with Gasteiger partial charge in [0, 0.05) is 24.8 Å². The maximum absolute atomic E-state index is 14.0. The maximum Gasteiger partial charge on any atom is 0.284 e. The Kier molecular flexibility index (Phi) is 5.67. The molecule has 0 bridgehead atoms. The van der Waals surface area contributed by atoms with Crippen LogP contribution in [-0.4, -0.2) is 77.8 Å². The van der Waals surface area contributed by atoms with E-state index in [0.717, 1.165) is 38.3 Å². The Hall–Kier alpha value is -3.45. The van der Waals surface area contributed by atoms with Crippen LogP contribution in [0.15, 0.2) is 30.9 Å². The van der Waals surface area contributed by atoms with Gasteiger partial charge in [0.2, 0.25) is 0 Å². The monoisotopic (exact) mass is 498 g/mol. The molecule has 4 aromatic heterocycles. The van der Waals surface area contributed by atoms with Crippen LogP contribution in [0.2, 0.25) is 0 Å². The van der Waals surface area contributed by atoms with Gasteiger partial charge in [-0.2, -0.15) is 10.2 Å². The van der Waals surface area contributed by atoms with Crippen molar-refractivity contribution in [1.82, 2.24) is 44.7 Å². The summed E-state index contributed by atoms with van der Waals surface area (Å²) in [5.74, 6) is 0.825. The van der Waals surface area contributed by atoms with Gasteiger partial charge in [0.15, 0.2) is 11.3 Å². The van der Waals surface area contributed by atoms with Crippen LogP contribution in [0.3, 0.4) is 0 Å². The minimum Gasteiger partial charge on any atom is -0.378 e. The number of morpholine rings is 1. The van der Waals surface area contributed by atoms with E-state index < -0.39 is 6.43 Å². The van der Waals surface area contributed by atoms with Crippen molar-refractivity contribution in [1.29, 1.82) is 0 Å².